The van der Waals surface area contributed by atoms with Crippen molar-refractivity contribution in [3.8, 4) is 0 Å². The van der Waals surface area contributed by atoms with E-state index in [1.165, 1.54) is 6.33 Å². The average Bonchev–Trinajstić information content (AvgIpc) is 3.21. The number of nitrogen functional groups attached to an aromatic ring is 1. The molecule has 0 aliphatic heterocycles. The molecule has 0 bridgehead atoms. The highest BCUT2D eigenvalue weighted by Gasteiger charge is 2.23. The van der Waals surface area contributed by atoms with Gasteiger partial charge in [-0.15, -0.1) is 0 Å². The fourth-order valence-electron chi connectivity index (χ4n) is 3.33. The number of hydrogen-bond acceptors (Lipinski definition) is 7. The van der Waals surface area contributed by atoms with Crippen LogP contribution in [0.3, 0.4) is 0 Å². The quantitative estimate of drug-likeness (QED) is 0.373. The highest BCUT2D eigenvalue weighted by Crippen LogP contribution is 2.36. The minimum absolute atomic E-state index is 0.223. The lowest BCUT2D eigenvalue weighted by molar-refractivity contribution is 0.0994. The summed E-state index contributed by atoms with van der Waals surface area (Å²) in [6.07, 6.45) is 4.00. The summed E-state index contributed by atoms with van der Waals surface area (Å²) in [7, 11) is 0. The number of halogens is 1. The Morgan fingerprint density at radius 2 is 2.14 bits per heavy atom. The molecule has 0 saturated heterocycles. The lowest BCUT2D eigenvalue weighted by Gasteiger charge is -2.11. The first-order valence-corrected chi connectivity index (χ1v) is 11.2. The monoisotopic (exact) mass is 508 g/mol. The van der Waals surface area contributed by atoms with Gasteiger partial charge in [0.1, 0.15) is 6.33 Å². The normalized spacial score (nSPS) is 13.4. The number of nitrogens with two attached hydrogens (primary N) is 1. The summed E-state index contributed by atoms with van der Waals surface area (Å²) >= 11 is 3.88. The molecule has 0 radical (unpaired) electrons. The van der Waals surface area contributed by atoms with Crippen molar-refractivity contribution in [2.45, 2.75) is 42.8 Å². The Morgan fingerprint density at radius 1 is 1.29 bits per heavy atom. The van der Waals surface area contributed by atoms with E-state index in [1.807, 2.05) is 6.07 Å². The minimum atomic E-state index is 0.223. The number of benzene rings is 1. The number of nitrogens with one attached hydrogen (secondary N) is 1. The first-order valence-electron chi connectivity index (χ1n) is 9.29. The number of nitrogens with zero attached hydrogens (tertiary/aromatic N) is 4. The van der Waals surface area contributed by atoms with E-state index in [4.69, 9.17) is 10.7 Å². The van der Waals surface area contributed by atoms with Gasteiger partial charge in [-0.3, -0.25) is 4.79 Å². The molecule has 3 aromatic rings. The molecule has 2 heterocycles. The number of ketones is 1. The summed E-state index contributed by atoms with van der Waals surface area (Å²) in [5.41, 5.74) is 9.37. The number of carbonyl (C=O) groups excluding carboxylic acids is 1. The van der Waals surface area contributed by atoms with E-state index in [-0.39, 0.29) is 5.78 Å². The molecule has 146 valence electrons. The van der Waals surface area contributed by atoms with Crippen molar-refractivity contribution in [2.24, 2.45) is 0 Å². The van der Waals surface area contributed by atoms with Gasteiger partial charge >= 0.3 is 0 Å². The van der Waals surface area contributed by atoms with Crippen LogP contribution < -0.4 is 11.1 Å². The van der Waals surface area contributed by atoms with Gasteiger partial charge in [-0.1, -0.05) is 18.7 Å². The molecule has 4 rings (SSSR count). The van der Waals surface area contributed by atoms with Gasteiger partial charge in [0.15, 0.2) is 27.9 Å². The third-order valence-electron chi connectivity index (χ3n) is 4.75. The third-order valence-corrected chi connectivity index (χ3v) is 7.06. The SMILES string of the molecule is CCCNCCn1c(Sc2cc3c(cc2I)CCC3=O)nc2c(N)ncnc21. The molecule has 0 amide bonds. The highest BCUT2D eigenvalue weighted by molar-refractivity contribution is 14.1. The van der Waals surface area contributed by atoms with E-state index in [0.29, 0.717) is 17.8 Å². The van der Waals surface area contributed by atoms with Crippen molar-refractivity contribution in [1.82, 2.24) is 24.8 Å². The van der Waals surface area contributed by atoms with Crippen LogP contribution in [-0.4, -0.2) is 38.4 Å². The van der Waals surface area contributed by atoms with Crippen LogP contribution in [0, 0.1) is 3.57 Å². The largest absolute Gasteiger partial charge is 0.382 e. The van der Waals surface area contributed by atoms with Crippen LogP contribution in [0.25, 0.3) is 11.2 Å². The number of carbonyl (C=O) groups is 1. The first kappa shape index (κ1) is 19.6. The van der Waals surface area contributed by atoms with Gasteiger partial charge in [-0.25, -0.2) is 15.0 Å². The number of Topliss-reactive ketones (excluding diaryl/α,β-unsaturated/α-hetero) is 1. The van der Waals surface area contributed by atoms with Gasteiger partial charge in [0, 0.05) is 33.5 Å². The topological polar surface area (TPSA) is 98.7 Å². The average molecular weight is 508 g/mol. The van der Waals surface area contributed by atoms with Crippen LogP contribution in [0.4, 0.5) is 5.82 Å². The zero-order valence-electron chi connectivity index (χ0n) is 15.5. The zero-order chi connectivity index (χ0) is 19.7. The Kier molecular flexibility index (Phi) is 5.83. The molecule has 1 aliphatic carbocycles. The number of fused-ring (bicyclic) bond motifs is 2. The molecule has 0 spiro atoms. The molecule has 2 aromatic heterocycles. The number of hydrogen-bond donors (Lipinski definition) is 2. The summed E-state index contributed by atoms with van der Waals surface area (Å²) < 4.78 is 3.20. The van der Waals surface area contributed by atoms with Crippen LogP contribution in [-0.2, 0) is 13.0 Å². The molecule has 0 unspecified atom stereocenters. The standard InChI is InChI=1S/C19H21IN6OS/c1-2-5-22-6-7-26-18-16(17(21)23-10-24-18)25-19(26)28-15-9-12-11(8-13(15)20)3-4-14(12)27/h8-10,22H,2-7H2,1H3,(H2,21,23,24). The number of rotatable bonds is 7. The van der Waals surface area contributed by atoms with Crippen molar-refractivity contribution in [3.63, 3.8) is 0 Å². The van der Waals surface area contributed by atoms with Crippen LogP contribution in [0.15, 0.2) is 28.5 Å². The number of anilines is 1. The lowest BCUT2D eigenvalue weighted by Crippen LogP contribution is -2.21. The maximum atomic E-state index is 12.2. The fraction of sp³-hybridized carbons (Fsp3) is 0.368. The van der Waals surface area contributed by atoms with Crippen LogP contribution in [0.2, 0.25) is 0 Å². The zero-order valence-corrected chi connectivity index (χ0v) is 18.5. The Bertz CT molecular complexity index is 1050. The Balaban J connectivity index is 1.71. The molecule has 0 saturated carbocycles. The summed E-state index contributed by atoms with van der Waals surface area (Å²) in [4.78, 5) is 26.4. The van der Waals surface area contributed by atoms with Crippen LogP contribution >= 0.6 is 34.4 Å². The van der Waals surface area contributed by atoms with Crippen molar-refractivity contribution >= 4 is 57.1 Å². The Morgan fingerprint density at radius 3 is 2.96 bits per heavy atom. The highest BCUT2D eigenvalue weighted by atomic mass is 127. The summed E-state index contributed by atoms with van der Waals surface area (Å²) in [5.74, 6) is 0.603. The number of aryl methyl sites for hydroxylation is 1. The van der Waals surface area contributed by atoms with Crippen molar-refractivity contribution in [2.75, 3.05) is 18.8 Å². The maximum absolute atomic E-state index is 12.2. The second-order valence-corrected chi connectivity index (χ2v) is 8.86. The van der Waals surface area contributed by atoms with E-state index in [0.717, 1.165) is 62.9 Å². The van der Waals surface area contributed by atoms with E-state index >= 15 is 0 Å². The summed E-state index contributed by atoms with van der Waals surface area (Å²) in [5, 5.41) is 4.23. The van der Waals surface area contributed by atoms with Crippen molar-refractivity contribution in [1.29, 1.82) is 0 Å². The molecule has 1 aliphatic rings. The predicted octanol–water partition coefficient (Wildman–Crippen LogP) is 3.29. The van der Waals surface area contributed by atoms with E-state index in [9.17, 15) is 4.79 Å². The van der Waals surface area contributed by atoms with Crippen LogP contribution in [0.5, 0.6) is 0 Å². The van der Waals surface area contributed by atoms with E-state index in [1.54, 1.807) is 11.8 Å². The maximum Gasteiger partial charge on any atom is 0.175 e. The third kappa shape index (κ3) is 3.74. The molecule has 28 heavy (non-hydrogen) atoms. The van der Waals surface area contributed by atoms with Gasteiger partial charge < -0.3 is 15.6 Å². The second kappa shape index (κ2) is 8.34. The lowest BCUT2D eigenvalue weighted by atomic mass is 10.1. The summed E-state index contributed by atoms with van der Waals surface area (Å²) in [6.45, 7) is 4.66. The fourth-order valence-corrected chi connectivity index (χ4v) is 5.14. The van der Waals surface area contributed by atoms with E-state index < -0.39 is 0 Å². The summed E-state index contributed by atoms with van der Waals surface area (Å²) in [6, 6.07) is 4.12. The molecule has 0 fully saturated rings. The molecule has 7 nitrogen and oxygen atoms in total. The van der Waals surface area contributed by atoms with Gasteiger partial charge in [0.2, 0.25) is 0 Å². The Hall–Kier alpha value is -1.72. The smallest absolute Gasteiger partial charge is 0.175 e. The molecular formula is C19H21IN6OS. The van der Waals surface area contributed by atoms with Crippen molar-refractivity contribution < 1.29 is 4.79 Å². The molecule has 0 atom stereocenters. The predicted molar refractivity (Wildman–Crippen MR) is 119 cm³/mol. The second-order valence-electron chi connectivity index (χ2n) is 6.69. The van der Waals surface area contributed by atoms with Gasteiger partial charge in [-0.05, 0) is 59.7 Å². The number of aromatic nitrogens is 4. The van der Waals surface area contributed by atoms with Gasteiger partial charge in [0.25, 0.3) is 0 Å². The number of imidazole rings is 1. The van der Waals surface area contributed by atoms with Gasteiger partial charge in [0.05, 0.1) is 0 Å². The first-order chi connectivity index (χ1) is 13.6. The van der Waals surface area contributed by atoms with Gasteiger partial charge in [-0.2, -0.15) is 0 Å². The Labute approximate surface area is 181 Å². The molecule has 1 aromatic carbocycles. The van der Waals surface area contributed by atoms with Crippen LogP contribution in [0.1, 0.15) is 35.7 Å². The minimum Gasteiger partial charge on any atom is -0.382 e. The molecule has 3 N–H and O–H groups in total. The molecular weight excluding hydrogens is 487 g/mol. The van der Waals surface area contributed by atoms with E-state index in [2.05, 4.69) is 55.4 Å². The molecule has 9 heteroatoms. The van der Waals surface area contributed by atoms with Crippen molar-refractivity contribution in [3.05, 3.63) is 33.2 Å².